The Hall–Kier alpha value is -4.93. The summed E-state index contributed by atoms with van der Waals surface area (Å²) in [6.45, 7) is 8.15. The fourth-order valence-corrected chi connectivity index (χ4v) is 4.33. The van der Waals surface area contributed by atoms with E-state index in [0.717, 1.165) is 22.6 Å². The van der Waals surface area contributed by atoms with Crippen molar-refractivity contribution >= 4 is 34.3 Å². The normalized spacial score (nSPS) is 13.3. The zero-order chi connectivity index (χ0) is 26.6. The first kappa shape index (κ1) is 24.8. The number of aryl methyl sites for hydroxylation is 1. The van der Waals surface area contributed by atoms with Crippen LogP contribution in [0.25, 0.3) is 11.0 Å². The van der Waals surface area contributed by atoms with Crippen LogP contribution in [0.3, 0.4) is 0 Å². The second-order valence-electron chi connectivity index (χ2n) is 8.82. The summed E-state index contributed by atoms with van der Waals surface area (Å²) in [6, 6.07) is 13.1. The van der Waals surface area contributed by atoms with Crippen molar-refractivity contribution in [2.45, 2.75) is 6.92 Å². The van der Waals surface area contributed by atoms with Crippen molar-refractivity contribution in [2.75, 3.05) is 48.9 Å². The molecule has 11 nitrogen and oxygen atoms in total. The molecule has 0 saturated carbocycles. The highest BCUT2D eigenvalue weighted by atomic mass is 16.5. The Bertz CT molecular complexity index is 1560. The molecular weight excluding hydrogens is 482 g/mol. The minimum Gasteiger partial charge on any atom is -0.457 e. The number of ether oxygens (including phenoxy) is 1. The van der Waals surface area contributed by atoms with Crippen LogP contribution < -0.4 is 25.9 Å². The van der Waals surface area contributed by atoms with E-state index in [4.69, 9.17) is 15.1 Å². The summed E-state index contributed by atoms with van der Waals surface area (Å²) in [5, 5.41) is 11.4. The molecule has 0 aliphatic carbocycles. The molecule has 3 aromatic heterocycles. The third-order valence-corrected chi connectivity index (χ3v) is 6.39. The van der Waals surface area contributed by atoms with Crippen LogP contribution in [0, 0.1) is 12.3 Å². The van der Waals surface area contributed by atoms with Gasteiger partial charge in [0.05, 0.1) is 5.52 Å². The number of nitrogens with one attached hydrogen (secondary N) is 3. The Kier molecular flexibility index (Phi) is 6.90. The van der Waals surface area contributed by atoms with E-state index in [1.54, 1.807) is 35.0 Å². The van der Waals surface area contributed by atoms with Gasteiger partial charge in [0.2, 0.25) is 5.91 Å². The van der Waals surface area contributed by atoms with Gasteiger partial charge in [-0.2, -0.15) is 0 Å². The molecule has 1 aromatic carbocycles. The molecule has 11 heteroatoms. The molecule has 5 rings (SSSR count). The van der Waals surface area contributed by atoms with E-state index in [1.807, 2.05) is 37.3 Å². The Labute approximate surface area is 219 Å². The highest BCUT2D eigenvalue weighted by molar-refractivity contribution is 5.88. The molecule has 194 valence electrons. The number of hydrogen-bond donors (Lipinski definition) is 3. The number of rotatable bonds is 7. The van der Waals surface area contributed by atoms with Crippen LogP contribution in [0.15, 0.2) is 67.6 Å². The van der Waals surface area contributed by atoms with Crippen molar-refractivity contribution in [3.8, 4) is 11.5 Å². The number of hydrogen-bond acceptors (Lipinski definition) is 9. The number of benzene rings is 1. The molecule has 3 N–H and O–H groups in total. The number of fused-ring (bicyclic) bond motifs is 1. The molecule has 0 radical (unpaired) electrons. The number of aromatic nitrogens is 4. The third-order valence-electron chi connectivity index (χ3n) is 6.39. The van der Waals surface area contributed by atoms with Gasteiger partial charge in [-0.05, 0) is 55.0 Å². The predicted molar refractivity (Wildman–Crippen MR) is 146 cm³/mol. The first-order valence-electron chi connectivity index (χ1n) is 12.2. The minimum absolute atomic E-state index is 0.0467. The van der Waals surface area contributed by atoms with E-state index < -0.39 is 0 Å². The summed E-state index contributed by atoms with van der Waals surface area (Å²) >= 11 is 0. The van der Waals surface area contributed by atoms with Crippen molar-refractivity contribution in [3.05, 3.63) is 78.7 Å². The molecule has 1 saturated heterocycles. The van der Waals surface area contributed by atoms with Gasteiger partial charge in [0.25, 0.3) is 0 Å². The number of anilines is 3. The summed E-state index contributed by atoms with van der Waals surface area (Å²) in [5.74, 6) is 2.65. The topological polar surface area (TPSA) is 124 Å². The molecular formula is C27H29N9O2. The van der Waals surface area contributed by atoms with Gasteiger partial charge in [-0.1, -0.05) is 6.58 Å². The average Bonchev–Trinajstić information content (AvgIpc) is 2.94. The van der Waals surface area contributed by atoms with E-state index >= 15 is 0 Å². The lowest BCUT2D eigenvalue weighted by Crippen LogP contribution is -2.48. The first-order chi connectivity index (χ1) is 18.4. The molecule has 0 atom stereocenters. The van der Waals surface area contributed by atoms with Crippen LogP contribution in [0.5, 0.6) is 11.5 Å². The molecule has 4 aromatic rings. The highest BCUT2D eigenvalue weighted by Crippen LogP contribution is 2.29. The molecule has 1 aliphatic rings. The molecule has 0 unspecified atom stereocenters. The van der Waals surface area contributed by atoms with Crippen LogP contribution >= 0.6 is 0 Å². The zero-order valence-corrected chi connectivity index (χ0v) is 21.3. The molecule has 0 spiro atoms. The first-order valence-corrected chi connectivity index (χ1v) is 12.2. The summed E-state index contributed by atoms with van der Waals surface area (Å²) in [7, 11) is 1.75. The van der Waals surface area contributed by atoms with Crippen molar-refractivity contribution in [1.29, 1.82) is 5.41 Å². The number of piperazine rings is 1. The smallest absolute Gasteiger partial charge is 0.246 e. The lowest BCUT2D eigenvalue weighted by Gasteiger charge is -2.35. The van der Waals surface area contributed by atoms with Crippen molar-refractivity contribution in [1.82, 2.24) is 24.5 Å². The van der Waals surface area contributed by atoms with Crippen molar-refractivity contribution in [3.63, 3.8) is 0 Å². The van der Waals surface area contributed by atoms with E-state index in [-0.39, 0.29) is 11.4 Å². The number of amides is 1. The van der Waals surface area contributed by atoms with E-state index in [9.17, 15) is 4.79 Å². The lowest BCUT2D eigenvalue weighted by atomic mass is 10.2. The monoisotopic (exact) mass is 511 g/mol. The fraction of sp³-hybridized carbons (Fsp3) is 0.222. The maximum absolute atomic E-state index is 11.9. The fourth-order valence-electron chi connectivity index (χ4n) is 4.33. The molecule has 1 aliphatic heterocycles. The van der Waals surface area contributed by atoms with Gasteiger partial charge in [-0.3, -0.25) is 14.9 Å². The van der Waals surface area contributed by atoms with Gasteiger partial charge in [0, 0.05) is 51.2 Å². The van der Waals surface area contributed by atoms with E-state index in [0.29, 0.717) is 49.0 Å². The summed E-state index contributed by atoms with van der Waals surface area (Å²) < 4.78 is 7.60. The number of pyridine rings is 2. The average molecular weight is 512 g/mol. The largest absolute Gasteiger partial charge is 0.457 e. The Morgan fingerprint density at radius 3 is 2.63 bits per heavy atom. The Morgan fingerprint density at radius 1 is 1.11 bits per heavy atom. The summed E-state index contributed by atoms with van der Waals surface area (Å²) in [6.07, 6.45) is 4.61. The zero-order valence-electron chi connectivity index (χ0n) is 21.3. The van der Waals surface area contributed by atoms with E-state index in [2.05, 4.69) is 32.2 Å². The van der Waals surface area contributed by atoms with Gasteiger partial charge in [0.15, 0.2) is 5.82 Å². The standard InChI is InChI=1S/C27H29N9O2/c1-4-25(37)35-13-11-34(12-14-35)24-8-6-21-26(33-24)27(31-17-30-21)32-19-5-7-22(18(2)15-19)38-20-9-10-36(29-3)23(28)16-20/h4-10,15-17,28-29H,1,11-14H2,2-3H3,(H,30,31,32). The SMILES string of the molecule is C=CC(=O)N1CCN(c2ccc3ncnc(Nc4ccc(Oc5ccn(NC)c(=N)c5)c(C)c4)c3n2)CC1. The number of nitrogens with zero attached hydrogens (tertiary/aromatic N) is 6. The van der Waals surface area contributed by atoms with Crippen molar-refractivity contribution in [2.24, 2.45) is 0 Å². The predicted octanol–water partition coefficient (Wildman–Crippen LogP) is 3.16. The van der Waals surface area contributed by atoms with Gasteiger partial charge >= 0.3 is 0 Å². The quantitative estimate of drug-likeness (QED) is 0.323. The van der Waals surface area contributed by atoms with Crippen LogP contribution in [0.1, 0.15) is 5.56 Å². The van der Waals surface area contributed by atoms with Crippen LogP contribution in [-0.4, -0.2) is 63.7 Å². The molecule has 4 heterocycles. The van der Waals surface area contributed by atoms with Gasteiger partial charge in [0.1, 0.15) is 34.6 Å². The molecule has 0 bridgehead atoms. The van der Waals surface area contributed by atoms with Crippen LogP contribution in [0.2, 0.25) is 0 Å². The van der Waals surface area contributed by atoms with Crippen molar-refractivity contribution < 1.29 is 9.53 Å². The second-order valence-corrected chi connectivity index (χ2v) is 8.82. The maximum Gasteiger partial charge on any atom is 0.246 e. The summed E-state index contributed by atoms with van der Waals surface area (Å²) in [5.41, 5.74) is 6.34. The van der Waals surface area contributed by atoms with E-state index in [1.165, 1.54) is 12.4 Å². The molecule has 1 fully saturated rings. The number of carbonyl (C=O) groups excluding carboxylic acids is 1. The molecule has 38 heavy (non-hydrogen) atoms. The third kappa shape index (κ3) is 5.12. The lowest BCUT2D eigenvalue weighted by molar-refractivity contribution is -0.126. The number of carbonyl (C=O) groups is 1. The van der Waals surface area contributed by atoms with Gasteiger partial charge in [-0.15, -0.1) is 0 Å². The van der Waals surface area contributed by atoms with Crippen LogP contribution in [-0.2, 0) is 4.79 Å². The second kappa shape index (κ2) is 10.6. The Balaban J connectivity index is 1.34. The maximum atomic E-state index is 11.9. The summed E-state index contributed by atoms with van der Waals surface area (Å²) in [4.78, 5) is 29.6. The van der Waals surface area contributed by atoms with Crippen LogP contribution in [0.4, 0.5) is 17.3 Å². The van der Waals surface area contributed by atoms with Gasteiger partial charge in [-0.25, -0.2) is 15.0 Å². The highest BCUT2D eigenvalue weighted by Gasteiger charge is 2.21. The molecule has 1 amide bonds. The minimum atomic E-state index is -0.0467. The van der Waals surface area contributed by atoms with Gasteiger partial charge < -0.3 is 25.3 Å². The Morgan fingerprint density at radius 2 is 1.92 bits per heavy atom.